The molecule has 0 amide bonds. The molecule has 0 saturated heterocycles. The van der Waals surface area contributed by atoms with Gasteiger partial charge in [-0.3, -0.25) is 4.98 Å². The molecule has 6 heteroatoms. The van der Waals surface area contributed by atoms with Gasteiger partial charge < -0.3 is 8.98 Å². The maximum absolute atomic E-state index is 8.61. The Kier molecular flexibility index (Phi) is 10.4. The number of rotatable bonds is 7. The largest absolute Gasteiger partial charge is 0 e. The molecule has 0 fully saturated rings. The van der Waals surface area contributed by atoms with E-state index in [9.17, 15) is 0 Å². The van der Waals surface area contributed by atoms with E-state index < -0.39 is 26.5 Å². The molecule has 0 bridgehead atoms. The van der Waals surface area contributed by atoms with Crippen molar-refractivity contribution in [2.45, 2.75) is 70.5 Å². The summed E-state index contributed by atoms with van der Waals surface area (Å²) in [5.74, 6) is 7.16. The van der Waals surface area contributed by atoms with Crippen LogP contribution in [-0.4, -0.2) is 27.8 Å². The molecule has 0 spiro atoms. The number of para-hydroxylation sites is 2. The number of imidazole rings is 1. The first-order valence-electron chi connectivity index (χ1n) is 25.0. The maximum atomic E-state index is 8.61. The van der Waals surface area contributed by atoms with E-state index in [-0.39, 0.29) is 49.1 Å². The van der Waals surface area contributed by atoms with Gasteiger partial charge in [-0.15, -0.1) is 23.8 Å². The van der Waals surface area contributed by atoms with Crippen molar-refractivity contribution >= 4 is 61.4 Å². The zero-order valence-corrected chi connectivity index (χ0v) is 41.9. The number of furan rings is 1. The Morgan fingerprint density at radius 1 is 0.797 bits per heavy atom. The second kappa shape index (κ2) is 18.1. The first kappa shape index (κ1) is 36.7. The number of pyridine rings is 1. The van der Waals surface area contributed by atoms with Crippen molar-refractivity contribution in [1.29, 1.82) is 0 Å². The summed E-state index contributed by atoms with van der Waals surface area (Å²) in [5, 5.41) is 4.59. The fourth-order valence-corrected chi connectivity index (χ4v) is 11.3. The SMILES string of the molecule is CC(C)(C)c1cc(-c2ccccc2)ccc1-n1c(-c2[c-]cc3oc4ccc5ccccc5c4c3c2)nc2ccccc21.[2H]c1[c-]c(-c2cc(C([2H])([2H])C(C)C)[c]([Ge]([CH3])([CH3])[CH3])cn2)cc([2H])c1C([2H])([2H])[2H].[Ir]. The Hall–Kier alpha value is -5.59. The van der Waals surface area contributed by atoms with Crippen LogP contribution in [-0.2, 0) is 31.9 Å². The molecule has 64 heavy (non-hydrogen) atoms. The van der Waals surface area contributed by atoms with Gasteiger partial charge in [0.1, 0.15) is 5.58 Å². The standard InChI is InChI=1S/C39H29N2O.C19H26GeN.Ir/c1-39(2,3)31-24-27(25-11-5-4-6-12-25)17-20-33(31)41-34-16-10-9-15-32(34)40-38(41)28-19-21-35-30(23-28)37-29-14-8-7-13-26(29)18-22-36(37)42-35;1-14(2)11-17-12-19(16-9-7-15(3)8-10-16)21-13-18(17)20(4,5)6;/h4-18,20-24H,1-3H3;7-9,12-14H,11H2,1-6H3;/q2*-1;/i;3D3,7D,8D,11D2;. The minimum atomic E-state index is -2.55. The molecule has 10 rings (SSSR count). The first-order chi connectivity index (χ1) is 33.0. The van der Waals surface area contributed by atoms with E-state index in [1.165, 1.54) is 33.5 Å². The Bertz CT molecular complexity index is 3580. The van der Waals surface area contributed by atoms with E-state index in [0.29, 0.717) is 16.8 Å². The Labute approximate surface area is 404 Å². The number of hydrogen-bond donors (Lipinski definition) is 0. The van der Waals surface area contributed by atoms with Gasteiger partial charge in [-0.25, -0.2) is 0 Å². The monoisotopic (exact) mass is 1080 g/mol. The normalized spacial score (nSPS) is 13.9. The number of nitrogens with zero attached hydrogens (tertiary/aromatic N) is 3. The quantitative estimate of drug-likeness (QED) is 0.118. The van der Waals surface area contributed by atoms with Gasteiger partial charge in [0.15, 0.2) is 0 Å². The van der Waals surface area contributed by atoms with E-state index >= 15 is 0 Å². The van der Waals surface area contributed by atoms with Crippen molar-refractivity contribution in [3.8, 4) is 39.5 Å². The minimum absolute atomic E-state index is 0. The number of fused-ring (bicyclic) bond motifs is 6. The first-order valence-corrected chi connectivity index (χ1v) is 28.9. The van der Waals surface area contributed by atoms with E-state index in [1.54, 1.807) is 12.3 Å². The van der Waals surface area contributed by atoms with Crippen LogP contribution < -0.4 is 4.40 Å². The van der Waals surface area contributed by atoms with Crippen LogP contribution in [0.5, 0.6) is 0 Å². The molecule has 0 atom stereocenters. The smallest absolute Gasteiger partial charge is 0 e. The van der Waals surface area contributed by atoms with Gasteiger partial charge in [-0.05, 0) is 63.2 Å². The second-order valence-corrected chi connectivity index (χ2v) is 29.1. The summed E-state index contributed by atoms with van der Waals surface area (Å²) in [6.07, 6.45) is 0.154. The van der Waals surface area contributed by atoms with Crippen molar-refractivity contribution in [2.75, 3.05) is 0 Å². The molecule has 0 saturated carbocycles. The topological polar surface area (TPSA) is 43.9 Å². The summed E-state index contributed by atoms with van der Waals surface area (Å²) in [5.41, 5.74) is 10.4. The van der Waals surface area contributed by atoms with E-state index in [1.807, 2.05) is 19.9 Å². The summed E-state index contributed by atoms with van der Waals surface area (Å²) >= 11 is -2.42. The third-order valence-electron chi connectivity index (χ3n) is 11.4. The van der Waals surface area contributed by atoms with E-state index in [4.69, 9.17) is 19.0 Å². The predicted octanol–water partition coefficient (Wildman–Crippen LogP) is 15.1. The number of aromatic nitrogens is 3. The molecule has 0 unspecified atom stereocenters. The van der Waals surface area contributed by atoms with Gasteiger partial charge in [-0.1, -0.05) is 105 Å². The summed E-state index contributed by atoms with van der Waals surface area (Å²) in [6.45, 7) is 7.95. The van der Waals surface area contributed by atoms with Gasteiger partial charge >= 0.3 is 141 Å². The molecule has 0 aliphatic heterocycles. The Morgan fingerprint density at radius 2 is 1.56 bits per heavy atom. The molecule has 0 N–H and O–H groups in total. The summed E-state index contributed by atoms with van der Waals surface area (Å²) in [7, 11) is 0. The van der Waals surface area contributed by atoms with E-state index in [2.05, 4.69) is 175 Å². The van der Waals surface area contributed by atoms with Gasteiger partial charge in [0.05, 0.1) is 22.4 Å². The van der Waals surface area contributed by atoms with Crippen molar-refractivity contribution in [3.05, 3.63) is 181 Å². The molecule has 7 aromatic carbocycles. The van der Waals surface area contributed by atoms with Crippen LogP contribution >= 0.6 is 0 Å². The zero-order chi connectivity index (χ0) is 50.1. The third-order valence-corrected chi connectivity index (χ3v) is 15.6. The fourth-order valence-electron chi connectivity index (χ4n) is 8.33. The second-order valence-electron chi connectivity index (χ2n) is 18.5. The minimum Gasteiger partial charge on any atom is 0 e. The van der Waals surface area contributed by atoms with E-state index in [0.717, 1.165) is 54.4 Å². The molecule has 10 aromatic rings. The maximum Gasteiger partial charge on any atom is 0 e. The molecule has 0 aliphatic carbocycles. The van der Waals surface area contributed by atoms with Crippen molar-refractivity contribution in [1.82, 2.24) is 14.5 Å². The predicted molar refractivity (Wildman–Crippen MR) is 269 cm³/mol. The van der Waals surface area contributed by atoms with Gasteiger partial charge in [0.2, 0.25) is 0 Å². The molecule has 0 aliphatic rings. The molecule has 4 nitrogen and oxygen atoms in total. The third kappa shape index (κ3) is 9.04. The molecule has 323 valence electrons. The number of benzene rings is 7. The molecule has 1 radical (unpaired) electrons. The molecular weight excluding hydrogens is 1020 g/mol. The number of hydrogen-bond acceptors (Lipinski definition) is 3. The summed E-state index contributed by atoms with van der Waals surface area (Å²) < 4.78 is 65.4. The molecular formula is C58H55GeIrN3O-2. The summed E-state index contributed by atoms with van der Waals surface area (Å²) in [6, 6.07) is 51.3. The average Bonchev–Trinajstić information content (AvgIpc) is 3.89. The average molecular weight is 1080 g/mol. The van der Waals surface area contributed by atoms with Gasteiger partial charge in [0, 0.05) is 31.2 Å². The van der Waals surface area contributed by atoms with Crippen LogP contribution in [0.3, 0.4) is 0 Å². The van der Waals surface area contributed by atoms with Gasteiger partial charge in [-0.2, -0.15) is 0 Å². The van der Waals surface area contributed by atoms with Crippen LogP contribution in [0.25, 0.3) is 83.2 Å². The zero-order valence-electron chi connectivity index (χ0n) is 44.4. The molecule has 3 aromatic heterocycles. The molecule has 3 heterocycles. The Morgan fingerprint density at radius 3 is 2.31 bits per heavy atom. The van der Waals surface area contributed by atoms with Crippen LogP contribution in [0.2, 0.25) is 17.3 Å². The van der Waals surface area contributed by atoms with Crippen LogP contribution in [0.4, 0.5) is 0 Å². The fraction of sp³-hybridized carbons (Fsp3) is 0.207. The van der Waals surface area contributed by atoms with Crippen molar-refractivity contribution < 1.29 is 34.1 Å². The Balaban J connectivity index is 0.000000205. The van der Waals surface area contributed by atoms with Crippen LogP contribution in [0.1, 0.15) is 60.9 Å². The van der Waals surface area contributed by atoms with Gasteiger partial charge in [0.25, 0.3) is 0 Å². The van der Waals surface area contributed by atoms with Crippen molar-refractivity contribution in [2.24, 2.45) is 5.92 Å². The summed E-state index contributed by atoms with van der Waals surface area (Å²) in [4.78, 5) is 9.66. The van der Waals surface area contributed by atoms with Crippen LogP contribution in [0.15, 0.2) is 156 Å². The van der Waals surface area contributed by atoms with Crippen molar-refractivity contribution in [3.63, 3.8) is 0 Å². The van der Waals surface area contributed by atoms with Crippen LogP contribution in [0, 0.1) is 24.9 Å².